The van der Waals surface area contributed by atoms with E-state index in [0.29, 0.717) is 0 Å². The molecule has 1 aromatic rings. The SMILES string of the molecule is Cc1cccc(NC(=O)N2CCCN(C3CCC3)CC2)c1. The standard InChI is InChI=1S/C17H25N3O/c1-14-5-2-6-15(13-14)18-17(21)20-10-4-9-19(11-12-20)16-7-3-8-16/h2,5-6,13,16H,3-4,7-12H2,1H3,(H,18,21). The first-order valence-corrected chi connectivity index (χ1v) is 8.09. The van der Waals surface area contributed by atoms with Gasteiger partial charge in [-0.2, -0.15) is 0 Å². The van der Waals surface area contributed by atoms with Gasteiger partial charge in [-0.15, -0.1) is 0 Å². The van der Waals surface area contributed by atoms with Gasteiger partial charge in [-0.3, -0.25) is 4.90 Å². The number of carbonyl (C=O) groups excluding carboxylic acids is 1. The fourth-order valence-electron chi connectivity index (χ4n) is 3.18. The van der Waals surface area contributed by atoms with Gasteiger partial charge in [-0.1, -0.05) is 18.6 Å². The normalized spacial score (nSPS) is 20.7. The van der Waals surface area contributed by atoms with Crippen molar-refractivity contribution in [2.75, 3.05) is 31.5 Å². The van der Waals surface area contributed by atoms with E-state index in [1.165, 1.54) is 24.8 Å². The first-order chi connectivity index (χ1) is 10.2. The molecule has 1 aromatic carbocycles. The Kier molecular flexibility index (Phi) is 4.44. The van der Waals surface area contributed by atoms with Gasteiger partial charge >= 0.3 is 6.03 Å². The molecule has 1 saturated heterocycles. The molecule has 4 heteroatoms. The summed E-state index contributed by atoms with van der Waals surface area (Å²) < 4.78 is 0. The fourth-order valence-corrected chi connectivity index (χ4v) is 3.18. The summed E-state index contributed by atoms with van der Waals surface area (Å²) in [7, 11) is 0. The van der Waals surface area contributed by atoms with Crippen LogP contribution in [0.3, 0.4) is 0 Å². The molecule has 0 bridgehead atoms. The second-order valence-corrected chi connectivity index (χ2v) is 6.26. The molecule has 114 valence electrons. The Balaban J connectivity index is 1.55. The first kappa shape index (κ1) is 14.4. The van der Waals surface area contributed by atoms with Crippen molar-refractivity contribution in [2.24, 2.45) is 0 Å². The monoisotopic (exact) mass is 287 g/mol. The minimum atomic E-state index is 0.0380. The number of nitrogens with zero attached hydrogens (tertiary/aromatic N) is 2. The minimum Gasteiger partial charge on any atom is -0.323 e. The van der Waals surface area contributed by atoms with Crippen LogP contribution in [0.2, 0.25) is 0 Å². The van der Waals surface area contributed by atoms with Gasteiger partial charge < -0.3 is 10.2 Å². The van der Waals surface area contributed by atoms with Crippen LogP contribution >= 0.6 is 0 Å². The molecule has 0 radical (unpaired) electrons. The molecule has 3 rings (SSSR count). The molecular weight excluding hydrogens is 262 g/mol. The smallest absolute Gasteiger partial charge is 0.321 e. The molecule has 4 nitrogen and oxygen atoms in total. The summed E-state index contributed by atoms with van der Waals surface area (Å²) >= 11 is 0. The van der Waals surface area contributed by atoms with Crippen molar-refractivity contribution in [3.05, 3.63) is 29.8 Å². The van der Waals surface area contributed by atoms with Gasteiger partial charge in [0.25, 0.3) is 0 Å². The molecule has 0 spiro atoms. The highest BCUT2D eigenvalue weighted by Crippen LogP contribution is 2.25. The van der Waals surface area contributed by atoms with Crippen LogP contribution in [0, 0.1) is 6.92 Å². The number of benzene rings is 1. The molecule has 0 atom stereocenters. The quantitative estimate of drug-likeness (QED) is 0.907. The highest BCUT2D eigenvalue weighted by Gasteiger charge is 2.27. The summed E-state index contributed by atoms with van der Waals surface area (Å²) in [5.74, 6) is 0. The van der Waals surface area contributed by atoms with Crippen molar-refractivity contribution in [2.45, 2.75) is 38.6 Å². The van der Waals surface area contributed by atoms with Gasteiger partial charge in [-0.25, -0.2) is 4.79 Å². The van der Waals surface area contributed by atoms with Crippen molar-refractivity contribution < 1.29 is 4.79 Å². The maximum absolute atomic E-state index is 12.4. The van der Waals surface area contributed by atoms with E-state index in [0.717, 1.165) is 44.3 Å². The third kappa shape index (κ3) is 3.56. The molecule has 1 heterocycles. The van der Waals surface area contributed by atoms with Crippen LogP contribution < -0.4 is 5.32 Å². The second kappa shape index (κ2) is 6.48. The largest absolute Gasteiger partial charge is 0.323 e. The highest BCUT2D eigenvalue weighted by molar-refractivity contribution is 5.89. The van der Waals surface area contributed by atoms with Crippen molar-refractivity contribution >= 4 is 11.7 Å². The number of urea groups is 1. The van der Waals surface area contributed by atoms with Crippen LogP contribution in [0.15, 0.2) is 24.3 Å². The Morgan fingerprint density at radius 2 is 2.00 bits per heavy atom. The summed E-state index contributed by atoms with van der Waals surface area (Å²) in [5.41, 5.74) is 2.06. The van der Waals surface area contributed by atoms with E-state index in [4.69, 9.17) is 0 Å². The van der Waals surface area contributed by atoms with Crippen molar-refractivity contribution in [3.8, 4) is 0 Å². The molecule has 2 aliphatic rings. The number of nitrogens with one attached hydrogen (secondary N) is 1. The van der Waals surface area contributed by atoms with Gasteiger partial charge in [-0.05, 0) is 43.9 Å². The average Bonchev–Trinajstić information content (AvgIpc) is 2.63. The van der Waals surface area contributed by atoms with E-state index < -0.39 is 0 Å². The lowest BCUT2D eigenvalue weighted by Crippen LogP contribution is -2.43. The van der Waals surface area contributed by atoms with Gasteiger partial charge in [0.05, 0.1) is 0 Å². The zero-order valence-corrected chi connectivity index (χ0v) is 12.8. The lowest BCUT2D eigenvalue weighted by Gasteiger charge is -2.36. The summed E-state index contributed by atoms with van der Waals surface area (Å²) in [6.07, 6.45) is 5.14. The lowest BCUT2D eigenvalue weighted by molar-refractivity contribution is 0.132. The van der Waals surface area contributed by atoms with E-state index in [2.05, 4.69) is 10.2 Å². The zero-order chi connectivity index (χ0) is 14.7. The number of rotatable bonds is 2. The summed E-state index contributed by atoms with van der Waals surface area (Å²) in [5, 5.41) is 3.02. The summed E-state index contributed by atoms with van der Waals surface area (Å²) in [6, 6.07) is 8.80. The number of amides is 2. The maximum atomic E-state index is 12.4. The van der Waals surface area contributed by atoms with E-state index >= 15 is 0 Å². The number of aryl methyl sites for hydroxylation is 1. The summed E-state index contributed by atoms with van der Waals surface area (Å²) in [6.45, 7) is 5.90. The van der Waals surface area contributed by atoms with Gasteiger partial charge in [0.2, 0.25) is 0 Å². The van der Waals surface area contributed by atoms with Crippen LogP contribution in [0.25, 0.3) is 0 Å². The molecule has 0 unspecified atom stereocenters. The fraction of sp³-hybridized carbons (Fsp3) is 0.588. The van der Waals surface area contributed by atoms with Gasteiger partial charge in [0.15, 0.2) is 0 Å². The van der Waals surface area contributed by atoms with Crippen LogP contribution in [0.1, 0.15) is 31.2 Å². The van der Waals surface area contributed by atoms with E-state index in [-0.39, 0.29) is 6.03 Å². The molecule has 2 amide bonds. The molecule has 2 fully saturated rings. The third-order valence-electron chi connectivity index (χ3n) is 4.68. The molecule has 1 aliphatic carbocycles. The summed E-state index contributed by atoms with van der Waals surface area (Å²) in [4.78, 5) is 16.9. The average molecular weight is 287 g/mol. The topological polar surface area (TPSA) is 35.6 Å². The second-order valence-electron chi connectivity index (χ2n) is 6.26. The minimum absolute atomic E-state index is 0.0380. The van der Waals surface area contributed by atoms with Crippen molar-refractivity contribution in [3.63, 3.8) is 0 Å². The Morgan fingerprint density at radius 1 is 1.14 bits per heavy atom. The van der Waals surface area contributed by atoms with E-state index in [1.807, 2.05) is 36.1 Å². The van der Waals surface area contributed by atoms with Crippen LogP contribution in [-0.4, -0.2) is 48.1 Å². The molecule has 1 N–H and O–H groups in total. The first-order valence-electron chi connectivity index (χ1n) is 8.09. The zero-order valence-electron chi connectivity index (χ0n) is 12.8. The number of anilines is 1. The molecule has 1 saturated carbocycles. The number of hydrogen-bond acceptors (Lipinski definition) is 2. The number of hydrogen-bond donors (Lipinski definition) is 1. The van der Waals surface area contributed by atoms with Crippen LogP contribution in [0.5, 0.6) is 0 Å². The Morgan fingerprint density at radius 3 is 2.71 bits per heavy atom. The third-order valence-corrected chi connectivity index (χ3v) is 4.68. The lowest BCUT2D eigenvalue weighted by atomic mass is 9.91. The van der Waals surface area contributed by atoms with Gasteiger partial charge in [0, 0.05) is 37.9 Å². The predicted molar refractivity (Wildman–Crippen MR) is 85.6 cm³/mol. The maximum Gasteiger partial charge on any atom is 0.321 e. The highest BCUT2D eigenvalue weighted by atomic mass is 16.2. The number of carbonyl (C=O) groups is 1. The van der Waals surface area contributed by atoms with Crippen molar-refractivity contribution in [1.29, 1.82) is 0 Å². The van der Waals surface area contributed by atoms with Crippen molar-refractivity contribution in [1.82, 2.24) is 9.80 Å². The Hall–Kier alpha value is -1.55. The Labute approximate surface area is 127 Å². The predicted octanol–water partition coefficient (Wildman–Crippen LogP) is 3.09. The molecule has 21 heavy (non-hydrogen) atoms. The molecular formula is C17H25N3O. The van der Waals surface area contributed by atoms with Gasteiger partial charge in [0.1, 0.15) is 0 Å². The Bertz CT molecular complexity index is 499. The van der Waals surface area contributed by atoms with E-state index in [1.54, 1.807) is 0 Å². The molecule has 1 aliphatic heterocycles. The van der Waals surface area contributed by atoms with Crippen LogP contribution in [0.4, 0.5) is 10.5 Å². The molecule has 0 aromatic heterocycles. The van der Waals surface area contributed by atoms with E-state index in [9.17, 15) is 4.79 Å². The van der Waals surface area contributed by atoms with Crippen LogP contribution in [-0.2, 0) is 0 Å².